The summed E-state index contributed by atoms with van der Waals surface area (Å²) in [7, 11) is -4.25. The molecule has 21 heavy (non-hydrogen) atoms. The van der Waals surface area contributed by atoms with Gasteiger partial charge >= 0.3 is 0 Å². The van der Waals surface area contributed by atoms with Gasteiger partial charge < -0.3 is 0 Å². The van der Waals surface area contributed by atoms with Gasteiger partial charge in [0.15, 0.2) is 0 Å². The Morgan fingerprint density at radius 3 is 2.48 bits per heavy atom. The largest absolute Gasteiger partial charge is 0.294 e. The van der Waals surface area contributed by atoms with Crippen LogP contribution in [-0.2, 0) is 10.1 Å². The van der Waals surface area contributed by atoms with Gasteiger partial charge in [-0.05, 0) is 18.2 Å². The minimum atomic E-state index is -4.25. The molecule has 0 fully saturated rings. The van der Waals surface area contributed by atoms with Gasteiger partial charge in [0.1, 0.15) is 5.69 Å². The summed E-state index contributed by atoms with van der Waals surface area (Å²) in [6, 6.07) is 15.3. The first-order chi connectivity index (χ1) is 10.0. The average Bonchev–Trinajstić information content (AvgIpc) is 2.97. The van der Waals surface area contributed by atoms with Crippen LogP contribution in [0.4, 0.5) is 0 Å². The molecule has 3 rings (SSSR count). The molecule has 0 saturated carbocycles. The Hall–Kier alpha value is -2.51. The lowest BCUT2D eigenvalue weighted by molar-refractivity contribution is 0.483. The van der Waals surface area contributed by atoms with Gasteiger partial charge in [0.2, 0.25) is 0 Å². The Balaban J connectivity index is 2.01. The lowest BCUT2D eigenvalue weighted by Gasteiger charge is -2.02. The van der Waals surface area contributed by atoms with E-state index < -0.39 is 10.1 Å². The molecule has 0 bridgehead atoms. The second-order valence-electron chi connectivity index (χ2n) is 4.36. The van der Waals surface area contributed by atoms with E-state index in [2.05, 4.69) is 10.2 Å². The number of benzene rings is 2. The fraction of sp³-hybridized carbons (Fsp3) is 0. The van der Waals surface area contributed by atoms with Gasteiger partial charge in [-0.15, -0.1) is 5.10 Å². The van der Waals surface area contributed by atoms with Crippen molar-refractivity contribution in [3.05, 3.63) is 60.8 Å². The van der Waals surface area contributed by atoms with E-state index in [-0.39, 0.29) is 4.90 Å². The van der Waals surface area contributed by atoms with Crippen molar-refractivity contribution in [2.45, 2.75) is 4.90 Å². The summed E-state index contributed by atoms with van der Waals surface area (Å²) in [6.07, 6.45) is 1.59. The molecule has 0 amide bonds. The van der Waals surface area contributed by atoms with E-state index in [0.717, 1.165) is 5.56 Å². The molecule has 0 saturated heterocycles. The smallest absolute Gasteiger partial charge is 0.282 e. The summed E-state index contributed by atoms with van der Waals surface area (Å²) in [5, 5.41) is 8.42. The molecule has 2 aromatic carbocycles. The summed E-state index contributed by atoms with van der Waals surface area (Å²) in [5.41, 5.74) is 2.04. The zero-order valence-corrected chi connectivity index (χ0v) is 11.6. The molecule has 0 radical (unpaired) electrons. The van der Waals surface area contributed by atoms with Crippen LogP contribution in [0.5, 0.6) is 0 Å². The maximum absolute atomic E-state index is 11.1. The van der Waals surface area contributed by atoms with Crippen molar-refractivity contribution in [2.75, 3.05) is 0 Å². The van der Waals surface area contributed by atoms with Crippen LogP contribution in [0.25, 0.3) is 16.9 Å². The van der Waals surface area contributed by atoms with Crippen LogP contribution in [0, 0.1) is 0 Å². The molecule has 3 aromatic rings. The number of rotatable bonds is 3. The zero-order chi connectivity index (χ0) is 14.9. The minimum absolute atomic E-state index is 0.196. The zero-order valence-electron chi connectivity index (χ0n) is 10.8. The predicted octanol–water partition coefficient (Wildman–Crippen LogP) is 2.18. The summed E-state index contributed by atoms with van der Waals surface area (Å²) < 4.78 is 31.4. The van der Waals surface area contributed by atoms with Crippen LogP contribution in [-0.4, -0.2) is 28.0 Å². The number of nitrogens with zero attached hydrogens (tertiary/aromatic N) is 3. The maximum Gasteiger partial charge on any atom is 0.294 e. The van der Waals surface area contributed by atoms with Crippen molar-refractivity contribution in [3.8, 4) is 16.9 Å². The highest BCUT2D eigenvalue weighted by Gasteiger charge is 2.11. The van der Waals surface area contributed by atoms with Crippen LogP contribution in [0.3, 0.4) is 0 Å². The second kappa shape index (κ2) is 5.12. The van der Waals surface area contributed by atoms with Crippen LogP contribution < -0.4 is 0 Å². The number of aromatic nitrogens is 3. The van der Waals surface area contributed by atoms with Crippen molar-refractivity contribution >= 4 is 10.1 Å². The van der Waals surface area contributed by atoms with Crippen LogP contribution in [0.2, 0.25) is 0 Å². The van der Waals surface area contributed by atoms with Crippen LogP contribution in [0.15, 0.2) is 65.7 Å². The van der Waals surface area contributed by atoms with Crippen molar-refractivity contribution in [1.82, 2.24) is 15.0 Å². The van der Waals surface area contributed by atoms with E-state index in [4.69, 9.17) is 4.55 Å². The number of hydrogen-bond donors (Lipinski definition) is 1. The minimum Gasteiger partial charge on any atom is -0.282 e. The highest BCUT2D eigenvalue weighted by molar-refractivity contribution is 7.85. The van der Waals surface area contributed by atoms with Gasteiger partial charge in [-0.1, -0.05) is 36.4 Å². The molecule has 0 aliphatic carbocycles. The molecule has 1 N–H and O–H groups in total. The molecule has 0 aliphatic heterocycles. The van der Waals surface area contributed by atoms with E-state index in [1.165, 1.54) is 23.0 Å². The molecule has 0 spiro atoms. The van der Waals surface area contributed by atoms with Gasteiger partial charge in [0.25, 0.3) is 10.1 Å². The van der Waals surface area contributed by atoms with E-state index in [9.17, 15) is 8.42 Å². The molecule has 0 unspecified atom stereocenters. The highest BCUT2D eigenvalue weighted by atomic mass is 32.2. The standard InChI is InChI=1S/C14H11N3O3S/c18-21(19,20)13-8-4-7-12(9-13)17-15-10-14(16-17)11-5-2-1-3-6-11/h1-10H,(H,18,19,20). The topological polar surface area (TPSA) is 85.1 Å². The Morgan fingerprint density at radius 2 is 1.76 bits per heavy atom. The molecule has 0 aliphatic rings. The quantitative estimate of drug-likeness (QED) is 0.749. The monoisotopic (exact) mass is 301 g/mol. The number of hydrogen-bond acceptors (Lipinski definition) is 4. The van der Waals surface area contributed by atoms with Crippen molar-refractivity contribution in [1.29, 1.82) is 0 Å². The summed E-state index contributed by atoms with van der Waals surface area (Å²) in [4.78, 5) is 1.12. The lowest BCUT2D eigenvalue weighted by atomic mass is 10.2. The Bertz CT molecular complexity index is 873. The molecule has 1 heterocycles. The molecular weight excluding hydrogens is 290 g/mol. The van der Waals surface area contributed by atoms with Gasteiger partial charge in [-0.2, -0.15) is 18.3 Å². The third-order valence-electron chi connectivity index (χ3n) is 2.91. The molecule has 1 aromatic heterocycles. The maximum atomic E-state index is 11.1. The Labute approximate surface area is 121 Å². The van der Waals surface area contributed by atoms with Gasteiger partial charge in [0.05, 0.1) is 16.8 Å². The normalized spacial score (nSPS) is 11.5. The van der Waals surface area contributed by atoms with Crippen LogP contribution in [0.1, 0.15) is 0 Å². The average molecular weight is 301 g/mol. The van der Waals surface area contributed by atoms with E-state index in [1.807, 2.05) is 30.3 Å². The first-order valence-corrected chi connectivity index (χ1v) is 7.54. The molecular formula is C14H11N3O3S. The SMILES string of the molecule is O=S(=O)(O)c1cccc(-n2ncc(-c3ccccc3)n2)c1. The van der Waals surface area contributed by atoms with Gasteiger partial charge in [-0.3, -0.25) is 4.55 Å². The predicted molar refractivity (Wildman–Crippen MR) is 76.6 cm³/mol. The van der Waals surface area contributed by atoms with Crippen molar-refractivity contribution in [3.63, 3.8) is 0 Å². The first kappa shape index (κ1) is 13.5. The lowest BCUT2D eigenvalue weighted by Crippen LogP contribution is -2.02. The molecule has 106 valence electrons. The fourth-order valence-corrected chi connectivity index (χ4v) is 2.42. The molecule has 6 nitrogen and oxygen atoms in total. The van der Waals surface area contributed by atoms with Gasteiger partial charge in [0, 0.05) is 5.56 Å². The third kappa shape index (κ3) is 2.83. The van der Waals surface area contributed by atoms with Crippen molar-refractivity contribution in [2.24, 2.45) is 0 Å². The van der Waals surface area contributed by atoms with Crippen molar-refractivity contribution < 1.29 is 13.0 Å². The Kier molecular flexibility index (Phi) is 3.28. The Morgan fingerprint density at radius 1 is 1.00 bits per heavy atom. The first-order valence-electron chi connectivity index (χ1n) is 6.10. The van der Waals surface area contributed by atoms with E-state index >= 15 is 0 Å². The van der Waals surface area contributed by atoms with E-state index in [1.54, 1.807) is 12.3 Å². The highest BCUT2D eigenvalue weighted by Crippen LogP contribution is 2.18. The van der Waals surface area contributed by atoms with Gasteiger partial charge in [-0.25, -0.2) is 0 Å². The summed E-state index contributed by atoms with van der Waals surface area (Å²) in [6.45, 7) is 0. The van der Waals surface area contributed by atoms with E-state index in [0.29, 0.717) is 11.4 Å². The summed E-state index contributed by atoms with van der Waals surface area (Å²) in [5.74, 6) is 0. The third-order valence-corrected chi connectivity index (χ3v) is 3.76. The fourth-order valence-electron chi connectivity index (χ4n) is 1.90. The molecule has 7 heteroatoms. The summed E-state index contributed by atoms with van der Waals surface area (Å²) >= 11 is 0. The van der Waals surface area contributed by atoms with Crippen LogP contribution >= 0.6 is 0 Å². The second-order valence-corrected chi connectivity index (χ2v) is 5.78. The molecule has 0 atom stereocenters.